The van der Waals surface area contributed by atoms with Gasteiger partial charge in [-0.2, -0.15) is 0 Å². The predicted molar refractivity (Wildman–Crippen MR) is 72.9 cm³/mol. The van der Waals surface area contributed by atoms with Crippen molar-refractivity contribution in [3.63, 3.8) is 0 Å². The van der Waals surface area contributed by atoms with Gasteiger partial charge in [-0.25, -0.2) is 4.39 Å². The van der Waals surface area contributed by atoms with E-state index in [1.54, 1.807) is 6.07 Å². The molecule has 1 heterocycles. The first-order valence-corrected chi connectivity index (χ1v) is 6.67. The van der Waals surface area contributed by atoms with E-state index in [-0.39, 0.29) is 11.9 Å². The third-order valence-electron chi connectivity index (χ3n) is 2.63. The summed E-state index contributed by atoms with van der Waals surface area (Å²) >= 11 is 0. The van der Waals surface area contributed by atoms with Crippen LogP contribution in [0.3, 0.4) is 0 Å². The third kappa shape index (κ3) is 4.80. The van der Waals surface area contributed by atoms with Gasteiger partial charge in [-0.1, -0.05) is 13.8 Å². The highest BCUT2D eigenvalue weighted by Gasteiger charge is 2.32. The van der Waals surface area contributed by atoms with Crippen LogP contribution < -0.4 is 4.74 Å². The number of aryl methyl sites for hydroxylation is 1. The molecule has 0 radical (unpaired) electrons. The first-order valence-electron chi connectivity index (χ1n) is 6.67. The maximum Gasteiger partial charge on any atom is 0.163 e. The minimum absolute atomic E-state index is 0.0746. The van der Waals surface area contributed by atoms with Crippen LogP contribution in [0.15, 0.2) is 18.2 Å². The Morgan fingerprint density at radius 3 is 2.58 bits per heavy atom. The Balaban J connectivity index is 0.000000861. The number of halogens is 1. The van der Waals surface area contributed by atoms with Crippen LogP contribution in [0.5, 0.6) is 5.75 Å². The summed E-state index contributed by atoms with van der Waals surface area (Å²) in [5.74, 6) is -0.109. The fourth-order valence-electron chi connectivity index (χ4n) is 1.80. The van der Waals surface area contributed by atoms with Gasteiger partial charge in [-0.05, 0) is 44.5 Å². The molecule has 1 atom stereocenters. The SMILES string of the molecule is CC.Cc1cc(F)ccc1OCC1COC(C)(C)O1. The van der Waals surface area contributed by atoms with Gasteiger partial charge in [-0.3, -0.25) is 0 Å². The number of hydrogen-bond donors (Lipinski definition) is 0. The van der Waals surface area contributed by atoms with Crippen LogP contribution in [0.4, 0.5) is 4.39 Å². The second-order valence-corrected chi connectivity index (χ2v) is 4.67. The van der Waals surface area contributed by atoms with E-state index >= 15 is 0 Å². The van der Waals surface area contributed by atoms with Gasteiger partial charge >= 0.3 is 0 Å². The molecular weight excluding hydrogens is 247 g/mol. The van der Waals surface area contributed by atoms with Crippen LogP contribution in [-0.4, -0.2) is 25.1 Å². The molecule has 1 aliphatic rings. The summed E-state index contributed by atoms with van der Waals surface area (Å²) in [5, 5.41) is 0. The Hall–Kier alpha value is -1.13. The summed E-state index contributed by atoms with van der Waals surface area (Å²) in [6.45, 7) is 10.5. The van der Waals surface area contributed by atoms with Crippen LogP contribution in [-0.2, 0) is 9.47 Å². The van der Waals surface area contributed by atoms with Crippen LogP contribution >= 0.6 is 0 Å². The summed E-state index contributed by atoms with van der Waals surface area (Å²) in [6.07, 6.45) is -0.0746. The van der Waals surface area contributed by atoms with Crippen molar-refractivity contribution in [2.45, 2.75) is 46.5 Å². The molecule has 108 valence electrons. The molecule has 1 fully saturated rings. The van der Waals surface area contributed by atoms with Crippen molar-refractivity contribution in [3.8, 4) is 5.75 Å². The molecule has 1 unspecified atom stereocenters. The smallest absolute Gasteiger partial charge is 0.163 e. The summed E-state index contributed by atoms with van der Waals surface area (Å²) in [6, 6.07) is 4.47. The van der Waals surface area contributed by atoms with Gasteiger partial charge in [-0.15, -0.1) is 0 Å². The lowest BCUT2D eigenvalue weighted by Crippen LogP contribution is -2.25. The first-order chi connectivity index (χ1) is 8.96. The monoisotopic (exact) mass is 270 g/mol. The van der Waals surface area contributed by atoms with Crippen LogP contribution in [0.2, 0.25) is 0 Å². The van der Waals surface area contributed by atoms with E-state index in [2.05, 4.69) is 0 Å². The zero-order chi connectivity index (χ0) is 14.5. The zero-order valence-corrected chi connectivity index (χ0v) is 12.3. The summed E-state index contributed by atoms with van der Waals surface area (Å²) in [4.78, 5) is 0. The van der Waals surface area contributed by atoms with E-state index in [0.29, 0.717) is 19.0 Å². The van der Waals surface area contributed by atoms with Gasteiger partial charge in [0.05, 0.1) is 6.61 Å². The second kappa shape index (κ2) is 6.87. The molecule has 0 aliphatic carbocycles. The second-order valence-electron chi connectivity index (χ2n) is 4.67. The molecule has 1 aromatic rings. The van der Waals surface area contributed by atoms with E-state index in [4.69, 9.17) is 14.2 Å². The average molecular weight is 270 g/mol. The van der Waals surface area contributed by atoms with Crippen molar-refractivity contribution in [3.05, 3.63) is 29.6 Å². The van der Waals surface area contributed by atoms with E-state index in [1.165, 1.54) is 12.1 Å². The maximum atomic E-state index is 12.9. The van der Waals surface area contributed by atoms with Crippen LogP contribution in [0.25, 0.3) is 0 Å². The van der Waals surface area contributed by atoms with E-state index in [1.807, 2.05) is 34.6 Å². The molecule has 0 N–H and O–H groups in total. The van der Waals surface area contributed by atoms with Crippen molar-refractivity contribution in [2.24, 2.45) is 0 Å². The third-order valence-corrected chi connectivity index (χ3v) is 2.63. The number of rotatable bonds is 3. The van der Waals surface area contributed by atoms with E-state index in [0.717, 1.165) is 5.56 Å². The van der Waals surface area contributed by atoms with Gasteiger partial charge in [0.1, 0.15) is 24.3 Å². The van der Waals surface area contributed by atoms with Gasteiger partial charge < -0.3 is 14.2 Å². The van der Waals surface area contributed by atoms with Crippen molar-refractivity contribution < 1.29 is 18.6 Å². The van der Waals surface area contributed by atoms with Crippen molar-refractivity contribution in [2.75, 3.05) is 13.2 Å². The Morgan fingerprint density at radius 1 is 1.37 bits per heavy atom. The highest BCUT2D eigenvalue weighted by Crippen LogP contribution is 2.24. The molecule has 1 aromatic carbocycles. The number of benzene rings is 1. The zero-order valence-electron chi connectivity index (χ0n) is 12.3. The normalized spacial score (nSPS) is 20.6. The van der Waals surface area contributed by atoms with Gasteiger partial charge in [0.25, 0.3) is 0 Å². The molecule has 0 aromatic heterocycles. The fraction of sp³-hybridized carbons (Fsp3) is 0.600. The molecule has 19 heavy (non-hydrogen) atoms. The van der Waals surface area contributed by atoms with Crippen molar-refractivity contribution in [1.29, 1.82) is 0 Å². The minimum atomic E-state index is -0.536. The highest BCUT2D eigenvalue weighted by atomic mass is 19.1. The van der Waals surface area contributed by atoms with Crippen LogP contribution in [0, 0.1) is 12.7 Å². The molecule has 0 saturated carbocycles. The number of ether oxygens (including phenoxy) is 3. The Bertz CT molecular complexity index is 404. The maximum absolute atomic E-state index is 12.9. The van der Waals surface area contributed by atoms with E-state index < -0.39 is 5.79 Å². The molecule has 3 nitrogen and oxygen atoms in total. The van der Waals surface area contributed by atoms with Crippen LogP contribution in [0.1, 0.15) is 33.3 Å². The lowest BCUT2D eigenvalue weighted by atomic mass is 10.2. The molecule has 0 amide bonds. The van der Waals surface area contributed by atoms with Gasteiger partial charge in [0.15, 0.2) is 5.79 Å². The molecule has 2 rings (SSSR count). The fourth-order valence-corrected chi connectivity index (χ4v) is 1.80. The average Bonchev–Trinajstić information content (AvgIpc) is 2.70. The summed E-state index contributed by atoms with van der Waals surface area (Å²) < 4.78 is 29.5. The first kappa shape index (κ1) is 15.9. The van der Waals surface area contributed by atoms with Gasteiger partial charge in [0, 0.05) is 0 Å². The van der Waals surface area contributed by atoms with Crippen molar-refractivity contribution >= 4 is 0 Å². The highest BCUT2D eigenvalue weighted by molar-refractivity contribution is 5.32. The Labute approximate surface area is 114 Å². The Morgan fingerprint density at radius 2 is 2.05 bits per heavy atom. The lowest BCUT2D eigenvalue weighted by Gasteiger charge is -2.17. The molecule has 1 aliphatic heterocycles. The quantitative estimate of drug-likeness (QED) is 0.838. The topological polar surface area (TPSA) is 27.7 Å². The predicted octanol–water partition coefficient (Wildman–Crippen LogP) is 3.69. The largest absolute Gasteiger partial charge is 0.491 e. The standard InChI is InChI=1S/C13H17FO3.C2H6/c1-9-6-10(14)4-5-12(9)15-7-11-8-16-13(2,3)17-11;1-2/h4-6,11H,7-8H2,1-3H3;1-2H3. The van der Waals surface area contributed by atoms with Crippen molar-refractivity contribution in [1.82, 2.24) is 0 Å². The summed E-state index contributed by atoms with van der Waals surface area (Å²) in [7, 11) is 0. The Kier molecular flexibility index (Phi) is 5.76. The lowest BCUT2D eigenvalue weighted by molar-refractivity contribution is -0.141. The molecule has 1 saturated heterocycles. The van der Waals surface area contributed by atoms with Gasteiger partial charge in [0.2, 0.25) is 0 Å². The minimum Gasteiger partial charge on any atom is -0.491 e. The van der Waals surface area contributed by atoms with E-state index in [9.17, 15) is 4.39 Å². The molecule has 0 spiro atoms. The summed E-state index contributed by atoms with van der Waals surface area (Å²) in [5.41, 5.74) is 0.781. The molecule has 0 bridgehead atoms. The molecular formula is C15H23FO3. The molecule has 4 heteroatoms. The number of hydrogen-bond acceptors (Lipinski definition) is 3.